The molecule has 1 heterocycles. The van der Waals surface area contributed by atoms with Crippen LogP contribution in [0.25, 0.3) is 0 Å². The van der Waals surface area contributed by atoms with Crippen molar-refractivity contribution in [1.29, 1.82) is 0 Å². The zero-order valence-electron chi connectivity index (χ0n) is 15.6. The molecule has 7 heteroatoms. The van der Waals surface area contributed by atoms with Gasteiger partial charge in [-0.2, -0.15) is 0 Å². The molecular weight excluding hydrogens is 338 g/mol. The molecule has 0 fully saturated rings. The number of fused-ring (bicyclic) bond motifs is 1. The van der Waals surface area contributed by atoms with E-state index in [1.165, 1.54) is 11.3 Å². The number of hydrogen-bond donors (Lipinski definition) is 1. The third kappa shape index (κ3) is 4.66. The van der Waals surface area contributed by atoms with Crippen LogP contribution < -0.4 is 5.32 Å². The maximum Gasteiger partial charge on any atom is 0.226 e. The molecule has 0 saturated carbocycles. The van der Waals surface area contributed by atoms with Gasteiger partial charge >= 0.3 is 0 Å². The Kier molecular flexibility index (Phi) is 6.32. The minimum atomic E-state index is -0.363. The van der Waals surface area contributed by atoms with Crippen LogP contribution in [0.2, 0.25) is 0 Å². The summed E-state index contributed by atoms with van der Waals surface area (Å²) in [5.74, 6) is -0.218. The fourth-order valence-electron chi connectivity index (χ4n) is 2.73. The van der Waals surface area contributed by atoms with Crippen molar-refractivity contribution in [2.24, 2.45) is 11.8 Å². The van der Waals surface area contributed by atoms with E-state index in [1.807, 2.05) is 27.7 Å². The Bertz CT molecular complexity index is 669. The normalized spacial score (nSPS) is 18.0. The predicted molar refractivity (Wildman–Crippen MR) is 98.9 cm³/mol. The van der Waals surface area contributed by atoms with Crippen molar-refractivity contribution in [2.75, 3.05) is 12.4 Å². The molecule has 0 aliphatic heterocycles. The van der Waals surface area contributed by atoms with Crippen molar-refractivity contribution < 1.29 is 14.4 Å². The highest BCUT2D eigenvalue weighted by Gasteiger charge is 2.34. The zero-order chi connectivity index (χ0) is 18.7. The molecule has 2 amide bonds. The molecule has 0 aromatic carbocycles. The Morgan fingerprint density at radius 3 is 2.60 bits per heavy atom. The van der Waals surface area contributed by atoms with Crippen molar-refractivity contribution in [3.05, 3.63) is 10.6 Å². The lowest BCUT2D eigenvalue weighted by Crippen LogP contribution is -2.40. The summed E-state index contributed by atoms with van der Waals surface area (Å²) in [5, 5.41) is 3.25. The van der Waals surface area contributed by atoms with Gasteiger partial charge < -0.3 is 10.2 Å². The number of Topliss-reactive ketones (excluding diaryl/α,β-unsaturated/α-hetero) is 1. The summed E-state index contributed by atoms with van der Waals surface area (Å²) in [5.41, 5.74) is 0.635. The van der Waals surface area contributed by atoms with Crippen LogP contribution in [0.5, 0.6) is 0 Å². The number of carbonyl (C=O) groups excluding carboxylic acids is 3. The van der Waals surface area contributed by atoms with E-state index in [0.29, 0.717) is 34.5 Å². The van der Waals surface area contributed by atoms with Gasteiger partial charge in [-0.05, 0) is 19.8 Å². The molecule has 0 bridgehead atoms. The van der Waals surface area contributed by atoms with Crippen molar-refractivity contribution in [3.63, 3.8) is 0 Å². The average molecular weight is 365 g/mol. The third-order valence-corrected chi connectivity index (χ3v) is 5.82. The number of anilines is 1. The van der Waals surface area contributed by atoms with E-state index in [2.05, 4.69) is 10.3 Å². The fraction of sp³-hybridized carbons (Fsp3) is 0.667. The Hall–Kier alpha value is -1.76. The van der Waals surface area contributed by atoms with Gasteiger partial charge in [-0.1, -0.05) is 31.6 Å². The van der Waals surface area contributed by atoms with Gasteiger partial charge in [0.25, 0.3) is 0 Å². The SMILES string of the molecule is CC[C@@H](C)CC(=O)Nc1nc2c(s1)C(=O)C[C@H](C(=O)N(C)C(C)C)C2. The van der Waals surface area contributed by atoms with E-state index in [4.69, 9.17) is 0 Å². The summed E-state index contributed by atoms with van der Waals surface area (Å²) in [4.78, 5) is 43.6. The number of amides is 2. The predicted octanol–water partition coefficient (Wildman–Crippen LogP) is 3.13. The van der Waals surface area contributed by atoms with Crippen LogP contribution in [0.15, 0.2) is 0 Å². The topological polar surface area (TPSA) is 79.4 Å². The quantitative estimate of drug-likeness (QED) is 0.840. The van der Waals surface area contributed by atoms with Crippen LogP contribution in [0.4, 0.5) is 5.13 Å². The van der Waals surface area contributed by atoms with Crippen LogP contribution in [-0.4, -0.2) is 40.6 Å². The summed E-state index contributed by atoms with van der Waals surface area (Å²) in [6.45, 7) is 7.96. The second-order valence-electron chi connectivity index (χ2n) is 7.13. The third-order valence-electron chi connectivity index (χ3n) is 4.77. The van der Waals surface area contributed by atoms with Crippen LogP contribution in [0.1, 0.15) is 62.3 Å². The summed E-state index contributed by atoms with van der Waals surface area (Å²) < 4.78 is 0. The largest absolute Gasteiger partial charge is 0.343 e. The molecule has 0 unspecified atom stereocenters. The van der Waals surface area contributed by atoms with Gasteiger partial charge in [0.05, 0.1) is 16.5 Å². The first-order valence-electron chi connectivity index (χ1n) is 8.82. The van der Waals surface area contributed by atoms with Crippen molar-refractivity contribution >= 4 is 34.1 Å². The minimum Gasteiger partial charge on any atom is -0.343 e. The summed E-state index contributed by atoms with van der Waals surface area (Å²) in [6, 6.07) is 0.0924. The van der Waals surface area contributed by atoms with Crippen LogP contribution in [-0.2, 0) is 16.0 Å². The number of thiazole rings is 1. The molecular formula is C18H27N3O3S. The van der Waals surface area contributed by atoms with Crippen LogP contribution in [0.3, 0.4) is 0 Å². The van der Waals surface area contributed by atoms with Crippen LogP contribution >= 0.6 is 11.3 Å². The number of ketones is 1. The van der Waals surface area contributed by atoms with Crippen molar-refractivity contribution in [1.82, 2.24) is 9.88 Å². The fourth-order valence-corrected chi connectivity index (χ4v) is 3.69. The molecule has 1 aliphatic rings. The van der Waals surface area contributed by atoms with Crippen molar-refractivity contribution in [3.8, 4) is 0 Å². The monoisotopic (exact) mass is 365 g/mol. The first-order valence-corrected chi connectivity index (χ1v) is 9.63. The standard InChI is InChI=1S/C18H27N3O3S/c1-6-11(4)7-15(23)20-18-19-13-8-12(9-14(22)16(13)25-18)17(24)21(5)10(2)3/h10-12H,6-9H2,1-5H3,(H,19,20,23)/t11-,12-/m1/s1. The molecule has 1 aromatic heterocycles. The lowest BCUT2D eigenvalue weighted by molar-refractivity contribution is -0.135. The molecule has 25 heavy (non-hydrogen) atoms. The van der Waals surface area contributed by atoms with E-state index in [9.17, 15) is 14.4 Å². The highest BCUT2D eigenvalue weighted by Crippen LogP contribution is 2.33. The maximum atomic E-state index is 12.5. The molecule has 0 spiro atoms. The zero-order valence-corrected chi connectivity index (χ0v) is 16.4. The Labute approximate surface area is 153 Å². The highest BCUT2D eigenvalue weighted by atomic mass is 32.1. The van der Waals surface area contributed by atoms with Gasteiger partial charge in [0.1, 0.15) is 0 Å². The van der Waals surface area contributed by atoms with Crippen LogP contribution in [0, 0.1) is 11.8 Å². The van der Waals surface area contributed by atoms with E-state index in [1.54, 1.807) is 11.9 Å². The van der Waals surface area contributed by atoms with E-state index in [0.717, 1.165) is 6.42 Å². The molecule has 0 saturated heterocycles. The number of aromatic nitrogens is 1. The Balaban J connectivity index is 2.09. The molecule has 1 aromatic rings. The number of nitrogens with one attached hydrogen (secondary N) is 1. The summed E-state index contributed by atoms with van der Waals surface area (Å²) in [7, 11) is 1.76. The Morgan fingerprint density at radius 2 is 2.00 bits per heavy atom. The molecule has 138 valence electrons. The molecule has 0 radical (unpaired) electrons. The first kappa shape index (κ1) is 19.6. The first-order chi connectivity index (χ1) is 11.7. The maximum absolute atomic E-state index is 12.5. The van der Waals surface area contributed by atoms with E-state index in [-0.39, 0.29) is 36.0 Å². The van der Waals surface area contributed by atoms with Crippen molar-refractivity contribution in [2.45, 2.75) is 59.4 Å². The molecule has 2 atom stereocenters. The molecule has 1 aliphatic carbocycles. The van der Waals surface area contributed by atoms with Gasteiger partial charge in [0, 0.05) is 32.4 Å². The lowest BCUT2D eigenvalue weighted by Gasteiger charge is -2.28. The molecule has 1 N–H and O–H groups in total. The second kappa shape index (κ2) is 8.08. The smallest absolute Gasteiger partial charge is 0.226 e. The lowest BCUT2D eigenvalue weighted by atomic mass is 9.89. The second-order valence-corrected chi connectivity index (χ2v) is 8.13. The number of rotatable bonds is 6. The van der Waals surface area contributed by atoms with E-state index < -0.39 is 0 Å². The summed E-state index contributed by atoms with van der Waals surface area (Å²) in [6.07, 6.45) is 2.04. The van der Waals surface area contributed by atoms with Gasteiger partial charge in [0.2, 0.25) is 11.8 Å². The number of nitrogens with zero attached hydrogens (tertiary/aromatic N) is 2. The average Bonchev–Trinajstić information content (AvgIpc) is 2.95. The Morgan fingerprint density at radius 1 is 1.32 bits per heavy atom. The van der Waals surface area contributed by atoms with Gasteiger partial charge in [-0.15, -0.1) is 0 Å². The molecule has 2 rings (SSSR count). The number of carbonyl (C=O) groups is 3. The van der Waals surface area contributed by atoms with Gasteiger partial charge in [-0.25, -0.2) is 4.98 Å². The van der Waals surface area contributed by atoms with E-state index >= 15 is 0 Å². The minimum absolute atomic E-state index is 0.0237. The van der Waals surface area contributed by atoms with Gasteiger partial charge in [-0.3, -0.25) is 14.4 Å². The molecule has 6 nitrogen and oxygen atoms in total. The summed E-state index contributed by atoms with van der Waals surface area (Å²) >= 11 is 1.22. The number of hydrogen-bond acceptors (Lipinski definition) is 5. The van der Waals surface area contributed by atoms with Gasteiger partial charge in [0.15, 0.2) is 10.9 Å². The highest BCUT2D eigenvalue weighted by molar-refractivity contribution is 7.17.